The van der Waals surface area contributed by atoms with Crippen LogP contribution in [-0.2, 0) is 10.8 Å². The van der Waals surface area contributed by atoms with Crippen molar-refractivity contribution in [3.63, 3.8) is 0 Å². The molecular formula is C122H84N2O3. The first-order valence-corrected chi connectivity index (χ1v) is 43.9. The molecule has 3 aromatic heterocycles. The van der Waals surface area contributed by atoms with E-state index in [-0.39, 0.29) is 10.8 Å². The highest BCUT2D eigenvalue weighted by Crippen LogP contribution is 2.55. The second kappa shape index (κ2) is 29.9. The van der Waals surface area contributed by atoms with Crippen molar-refractivity contribution in [2.45, 2.75) is 38.5 Å². The predicted octanol–water partition coefficient (Wildman–Crippen LogP) is 34.6. The van der Waals surface area contributed by atoms with E-state index in [0.29, 0.717) is 0 Å². The number of furan rings is 3. The van der Waals surface area contributed by atoms with Crippen molar-refractivity contribution in [1.82, 2.24) is 0 Å². The summed E-state index contributed by atoms with van der Waals surface area (Å²) in [5, 5.41) is 11.8. The number of fused-ring (bicyclic) bond motifs is 17. The Morgan fingerprint density at radius 2 is 0.417 bits per heavy atom. The number of benzene rings is 20. The minimum Gasteiger partial charge on any atom is -0.455 e. The minimum absolute atomic E-state index is 0.204. The van der Waals surface area contributed by atoms with Crippen molar-refractivity contribution in [2.24, 2.45) is 0 Å². The number of para-hydroxylation sites is 6. The zero-order chi connectivity index (χ0) is 84.6. The second-order valence-corrected chi connectivity index (χ2v) is 35.0. The average molecular weight is 1630 g/mol. The molecule has 0 aliphatic heterocycles. The Morgan fingerprint density at radius 3 is 0.780 bits per heavy atom. The van der Waals surface area contributed by atoms with Gasteiger partial charge in [0.25, 0.3) is 0 Å². The lowest BCUT2D eigenvalue weighted by atomic mass is 9.81. The van der Waals surface area contributed by atoms with Crippen molar-refractivity contribution in [3.05, 3.63) is 459 Å². The van der Waals surface area contributed by atoms with Crippen molar-refractivity contribution in [1.29, 1.82) is 0 Å². The zero-order valence-electron chi connectivity index (χ0n) is 70.7. The van der Waals surface area contributed by atoms with Gasteiger partial charge >= 0.3 is 0 Å². The molecule has 0 N–H and O–H groups in total. The van der Waals surface area contributed by atoms with Crippen LogP contribution in [0.2, 0.25) is 0 Å². The van der Waals surface area contributed by atoms with E-state index in [2.05, 4.69) is 438 Å². The van der Waals surface area contributed by atoms with Crippen LogP contribution >= 0.6 is 0 Å². The molecule has 127 heavy (non-hydrogen) atoms. The molecule has 2 aliphatic carbocycles. The fraction of sp³-hybridized carbons (Fsp3) is 0.0492. The molecule has 25 rings (SSSR count). The molecule has 600 valence electrons. The smallest absolute Gasteiger partial charge is 0.143 e. The quantitative estimate of drug-likeness (QED) is 0.115. The van der Waals surface area contributed by atoms with Gasteiger partial charge in [0, 0.05) is 94.0 Å². The van der Waals surface area contributed by atoms with Crippen molar-refractivity contribution < 1.29 is 13.3 Å². The SMILES string of the molecule is CC1(C)c2cc(-c3ccc4ccccc4c3)ccc2-c2ccc(N(c3ccc(-c4ccc(-c5ccccc5)cc4)cc3)c3ccc(-c4cccc5c4oc4ccccc45)cc3)cc21.CC1(C)c2cc(-c3ccc4ccccc4c3)ccc2-c2ccc(N(c3ccc(-c4cccc5c4oc4ccccc45)cc3)c3ccc(-c4cccc5c4oc4ccccc45)cc3)cc21. The first kappa shape index (κ1) is 74.7. The van der Waals surface area contributed by atoms with Crippen LogP contribution in [0, 0.1) is 0 Å². The summed E-state index contributed by atoms with van der Waals surface area (Å²) in [6, 6.07) is 158. The predicted molar refractivity (Wildman–Crippen MR) is 532 cm³/mol. The Balaban J connectivity index is 0.000000142. The molecule has 5 nitrogen and oxygen atoms in total. The lowest BCUT2D eigenvalue weighted by Gasteiger charge is -2.28. The van der Waals surface area contributed by atoms with Crippen molar-refractivity contribution in [3.8, 4) is 100 Å². The van der Waals surface area contributed by atoms with E-state index in [9.17, 15) is 0 Å². The normalized spacial score (nSPS) is 12.9. The Bertz CT molecular complexity index is 8140. The molecule has 0 radical (unpaired) electrons. The zero-order valence-corrected chi connectivity index (χ0v) is 70.7. The maximum Gasteiger partial charge on any atom is 0.143 e. The topological polar surface area (TPSA) is 45.9 Å². The number of rotatable bonds is 13. The maximum absolute atomic E-state index is 6.47. The van der Waals surface area contributed by atoms with Crippen LogP contribution in [0.3, 0.4) is 0 Å². The number of hydrogen-bond acceptors (Lipinski definition) is 5. The van der Waals surface area contributed by atoms with Crippen LogP contribution in [0.4, 0.5) is 34.1 Å². The van der Waals surface area contributed by atoms with E-state index in [0.717, 1.165) is 133 Å². The fourth-order valence-electron chi connectivity index (χ4n) is 20.3. The Kier molecular flexibility index (Phi) is 17.6. The first-order chi connectivity index (χ1) is 62.4. The van der Waals surface area contributed by atoms with Crippen LogP contribution in [0.25, 0.3) is 188 Å². The average Bonchev–Trinajstić information content (AvgIpc) is 1.57. The molecule has 2 aliphatic rings. The van der Waals surface area contributed by atoms with Crippen LogP contribution < -0.4 is 9.80 Å². The summed E-state index contributed by atoms with van der Waals surface area (Å²) in [7, 11) is 0. The molecule has 0 unspecified atom stereocenters. The second-order valence-electron chi connectivity index (χ2n) is 35.0. The standard InChI is InChI=1S/C61H41NO2.C61H43NO/c1-61(2)55-36-43(42-22-21-38-11-3-4-12-41(38)35-42)27-33-49(55)50-34-32-46(37-56(50)61)62(44-28-23-39(24-29-44)47-15-9-17-53-51-13-5-7-19-57(51)63-59(47)53)45-30-25-40(26-31-45)48-16-10-18-54-52-14-6-8-20-58(52)64-60(48)54;1-61(2)57-38-48(47-24-23-41-13-6-7-14-46(41)37-47)29-35-53(57)54-36-34-51(39-58(54)61)62(49-30-25-44(26-31-49)43-21-19-42(20-22-43)40-11-4-3-5-12-40)50-32-27-45(28-33-50)52-16-10-17-56-55-15-8-9-18-59(55)63-60(52)56/h3-37H,1-2H3;3-39H,1-2H3. The minimum atomic E-state index is -0.219. The van der Waals surface area contributed by atoms with E-state index in [1.807, 2.05) is 36.4 Å². The highest BCUT2D eigenvalue weighted by Gasteiger charge is 2.39. The number of hydrogen-bond donors (Lipinski definition) is 0. The first-order valence-electron chi connectivity index (χ1n) is 43.9. The van der Waals surface area contributed by atoms with Gasteiger partial charge in [-0.25, -0.2) is 0 Å². The third-order valence-corrected chi connectivity index (χ3v) is 27.0. The van der Waals surface area contributed by atoms with E-state index in [1.54, 1.807) is 0 Å². The Morgan fingerprint density at radius 1 is 0.165 bits per heavy atom. The van der Waals surface area contributed by atoms with Gasteiger partial charge in [-0.05, 0) is 243 Å². The van der Waals surface area contributed by atoms with Gasteiger partial charge in [-0.1, -0.05) is 349 Å². The summed E-state index contributed by atoms with van der Waals surface area (Å²) < 4.78 is 19.4. The summed E-state index contributed by atoms with van der Waals surface area (Å²) in [5.41, 5.74) is 38.5. The van der Waals surface area contributed by atoms with Gasteiger partial charge in [-0.2, -0.15) is 0 Å². The molecular weight excluding hydrogens is 1540 g/mol. The highest BCUT2D eigenvalue weighted by molar-refractivity contribution is 6.12. The van der Waals surface area contributed by atoms with E-state index in [4.69, 9.17) is 13.3 Å². The fourth-order valence-corrected chi connectivity index (χ4v) is 20.3. The summed E-state index contributed by atoms with van der Waals surface area (Å²) in [5.74, 6) is 0. The summed E-state index contributed by atoms with van der Waals surface area (Å²) in [4.78, 5) is 4.78. The van der Waals surface area contributed by atoms with Gasteiger partial charge in [0.05, 0.1) is 0 Å². The van der Waals surface area contributed by atoms with Crippen LogP contribution in [-0.4, -0.2) is 0 Å². The molecule has 0 saturated carbocycles. The molecule has 20 aromatic carbocycles. The number of nitrogens with zero attached hydrogens (tertiary/aromatic N) is 2. The van der Waals surface area contributed by atoms with Crippen molar-refractivity contribution in [2.75, 3.05) is 9.80 Å². The lowest BCUT2D eigenvalue weighted by Crippen LogP contribution is -2.16. The van der Waals surface area contributed by atoms with Gasteiger partial charge < -0.3 is 23.1 Å². The van der Waals surface area contributed by atoms with Gasteiger partial charge in [-0.15, -0.1) is 0 Å². The van der Waals surface area contributed by atoms with Crippen molar-refractivity contribution >= 4 is 121 Å². The Labute approximate surface area is 737 Å². The molecule has 0 amide bonds. The molecule has 0 bridgehead atoms. The molecule has 0 atom stereocenters. The summed E-state index contributed by atoms with van der Waals surface area (Å²) in [6.07, 6.45) is 0. The largest absolute Gasteiger partial charge is 0.455 e. The molecule has 0 saturated heterocycles. The highest BCUT2D eigenvalue weighted by atomic mass is 16.3. The molecule has 23 aromatic rings. The van der Waals surface area contributed by atoms with Gasteiger partial charge in [0.15, 0.2) is 0 Å². The van der Waals surface area contributed by atoms with Gasteiger partial charge in [0.2, 0.25) is 0 Å². The molecule has 0 spiro atoms. The van der Waals surface area contributed by atoms with E-state index in [1.165, 1.54) is 111 Å². The molecule has 5 heteroatoms. The Hall–Kier alpha value is -16.1. The van der Waals surface area contributed by atoms with E-state index >= 15 is 0 Å². The third-order valence-electron chi connectivity index (χ3n) is 27.0. The monoisotopic (exact) mass is 1620 g/mol. The molecule has 3 heterocycles. The van der Waals surface area contributed by atoms with E-state index < -0.39 is 0 Å². The number of anilines is 6. The van der Waals surface area contributed by atoms with Gasteiger partial charge in [0.1, 0.15) is 33.5 Å². The van der Waals surface area contributed by atoms with Crippen LogP contribution in [0.5, 0.6) is 0 Å². The summed E-state index contributed by atoms with van der Waals surface area (Å²) >= 11 is 0. The maximum atomic E-state index is 6.47. The molecule has 0 fully saturated rings. The van der Waals surface area contributed by atoms with Gasteiger partial charge in [-0.3, -0.25) is 0 Å². The third kappa shape index (κ3) is 12.7. The van der Waals surface area contributed by atoms with Crippen LogP contribution in [0.1, 0.15) is 49.9 Å². The summed E-state index contributed by atoms with van der Waals surface area (Å²) in [6.45, 7) is 9.50. The lowest BCUT2D eigenvalue weighted by molar-refractivity contribution is 0.660. The van der Waals surface area contributed by atoms with Crippen LogP contribution in [0.15, 0.2) is 450 Å².